The van der Waals surface area contributed by atoms with Crippen molar-refractivity contribution >= 4 is 22.9 Å². The van der Waals surface area contributed by atoms with E-state index in [0.29, 0.717) is 5.56 Å². The Bertz CT molecular complexity index is 622. The fourth-order valence-electron chi connectivity index (χ4n) is 1.45. The number of benzene rings is 1. The zero-order valence-electron chi connectivity index (χ0n) is 9.14. The Labute approximate surface area is 108 Å². The highest BCUT2D eigenvalue weighted by Gasteiger charge is 2.37. The van der Waals surface area contributed by atoms with Gasteiger partial charge in [0.15, 0.2) is 4.88 Å². The Morgan fingerprint density at radius 2 is 1.84 bits per heavy atom. The summed E-state index contributed by atoms with van der Waals surface area (Å²) in [5.41, 5.74) is 5.07. The van der Waals surface area contributed by atoms with E-state index in [4.69, 9.17) is 5.73 Å². The van der Waals surface area contributed by atoms with Crippen LogP contribution in [0.2, 0.25) is 0 Å². The van der Waals surface area contributed by atoms with Gasteiger partial charge in [0, 0.05) is 17.7 Å². The first kappa shape index (κ1) is 13.3. The first-order valence-electron chi connectivity index (χ1n) is 4.88. The van der Waals surface area contributed by atoms with E-state index in [1.54, 1.807) is 0 Å². The van der Waals surface area contributed by atoms with Crippen LogP contribution in [-0.4, -0.2) is 9.30 Å². The van der Waals surface area contributed by atoms with Crippen molar-refractivity contribution in [2.24, 2.45) is 0 Å². The van der Waals surface area contributed by atoms with Gasteiger partial charge in [0.2, 0.25) is 0 Å². The van der Waals surface area contributed by atoms with Gasteiger partial charge in [-0.15, -0.1) is 0 Å². The van der Waals surface area contributed by atoms with Crippen molar-refractivity contribution in [2.75, 3.05) is 5.73 Å². The lowest BCUT2D eigenvalue weighted by Gasteiger charge is -2.04. The third kappa shape index (κ3) is 2.50. The highest BCUT2D eigenvalue weighted by molar-refractivity contribution is 7.06. The van der Waals surface area contributed by atoms with Crippen molar-refractivity contribution in [3.63, 3.8) is 0 Å². The first-order chi connectivity index (χ1) is 8.80. The third-order valence-electron chi connectivity index (χ3n) is 2.34. The maximum Gasteiger partial charge on any atom is 0.429 e. The molecule has 0 aliphatic rings. The molecule has 0 saturated heterocycles. The van der Waals surface area contributed by atoms with E-state index >= 15 is 0 Å². The number of nitro benzene ring substituents is 1. The van der Waals surface area contributed by atoms with Crippen LogP contribution in [0, 0.1) is 10.1 Å². The van der Waals surface area contributed by atoms with Gasteiger partial charge in [-0.2, -0.15) is 17.5 Å². The second-order valence-corrected chi connectivity index (χ2v) is 4.35. The van der Waals surface area contributed by atoms with Crippen LogP contribution in [-0.2, 0) is 6.18 Å². The van der Waals surface area contributed by atoms with Crippen molar-refractivity contribution in [1.29, 1.82) is 0 Å². The molecule has 0 radical (unpaired) electrons. The minimum absolute atomic E-state index is 0.0211. The fraction of sp³-hybridized carbons (Fsp3) is 0.100. The number of hydrogen-bond donors (Lipinski definition) is 1. The number of rotatable bonds is 2. The smallest absolute Gasteiger partial charge is 0.396 e. The van der Waals surface area contributed by atoms with E-state index in [1.165, 1.54) is 24.3 Å². The van der Waals surface area contributed by atoms with Crippen molar-refractivity contribution < 1.29 is 18.1 Å². The maximum atomic E-state index is 12.5. The van der Waals surface area contributed by atoms with Crippen LogP contribution < -0.4 is 5.73 Å². The van der Waals surface area contributed by atoms with E-state index in [-0.39, 0.29) is 22.9 Å². The van der Waals surface area contributed by atoms with Crippen LogP contribution in [0.3, 0.4) is 0 Å². The number of alkyl halides is 3. The number of aromatic nitrogens is 1. The summed E-state index contributed by atoms with van der Waals surface area (Å²) in [6.07, 6.45) is -4.55. The SMILES string of the molecule is Nc1c(-c2ccc([N+](=O)[O-])cc2)nsc1C(F)(F)F. The van der Waals surface area contributed by atoms with Gasteiger partial charge in [0.1, 0.15) is 5.69 Å². The van der Waals surface area contributed by atoms with Crippen molar-refractivity contribution in [3.05, 3.63) is 39.3 Å². The molecule has 9 heteroatoms. The predicted molar refractivity (Wildman–Crippen MR) is 63.6 cm³/mol. The Kier molecular flexibility index (Phi) is 3.14. The quantitative estimate of drug-likeness (QED) is 0.679. The van der Waals surface area contributed by atoms with Gasteiger partial charge in [0.05, 0.1) is 10.6 Å². The van der Waals surface area contributed by atoms with Crippen LogP contribution in [0.25, 0.3) is 11.3 Å². The number of halogens is 3. The van der Waals surface area contributed by atoms with Crippen molar-refractivity contribution in [1.82, 2.24) is 4.37 Å². The summed E-state index contributed by atoms with van der Waals surface area (Å²) in [4.78, 5) is 8.90. The minimum Gasteiger partial charge on any atom is -0.396 e. The molecule has 0 spiro atoms. The summed E-state index contributed by atoms with van der Waals surface area (Å²) in [5, 5.41) is 10.5. The van der Waals surface area contributed by atoms with Gasteiger partial charge < -0.3 is 5.73 Å². The fourth-order valence-corrected chi connectivity index (χ4v) is 2.14. The lowest BCUT2D eigenvalue weighted by Crippen LogP contribution is -2.05. The van der Waals surface area contributed by atoms with E-state index in [9.17, 15) is 23.3 Å². The Morgan fingerprint density at radius 3 is 2.26 bits per heavy atom. The molecule has 0 saturated carbocycles. The standard InChI is InChI=1S/C10H6F3N3O2S/c11-10(12,13)9-7(14)8(15-19-9)5-1-3-6(4-2-5)16(17)18/h1-4H,14H2. The zero-order valence-corrected chi connectivity index (χ0v) is 9.96. The second-order valence-electron chi connectivity index (χ2n) is 3.58. The molecule has 100 valence electrons. The van der Waals surface area contributed by atoms with E-state index < -0.39 is 21.7 Å². The van der Waals surface area contributed by atoms with Crippen LogP contribution in [0.15, 0.2) is 24.3 Å². The van der Waals surface area contributed by atoms with E-state index in [1.807, 2.05) is 0 Å². The molecule has 0 aliphatic heterocycles. The highest BCUT2D eigenvalue weighted by Crippen LogP contribution is 2.41. The van der Waals surface area contributed by atoms with Crippen molar-refractivity contribution in [3.8, 4) is 11.3 Å². The number of nitrogens with two attached hydrogens (primary N) is 1. The molecular formula is C10H6F3N3O2S. The Morgan fingerprint density at radius 1 is 1.26 bits per heavy atom. The maximum absolute atomic E-state index is 12.5. The number of hydrogen-bond acceptors (Lipinski definition) is 5. The molecular weight excluding hydrogens is 283 g/mol. The molecule has 2 aromatic rings. The first-order valence-corrected chi connectivity index (χ1v) is 5.65. The van der Waals surface area contributed by atoms with Gasteiger partial charge in [-0.25, -0.2) is 0 Å². The van der Waals surface area contributed by atoms with Gasteiger partial charge in [0.25, 0.3) is 5.69 Å². The van der Waals surface area contributed by atoms with Crippen LogP contribution in [0.1, 0.15) is 4.88 Å². The summed E-state index contributed by atoms with van der Waals surface area (Å²) in [7, 11) is 0. The van der Waals surface area contributed by atoms with E-state index in [0.717, 1.165) is 0 Å². The molecule has 2 N–H and O–H groups in total. The molecule has 1 heterocycles. The second kappa shape index (κ2) is 4.50. The lowest BCUT2D eigenvalue weighted by molar-refractivity contribution is -0.384. The lowest BCUT2D eigenvalue weighted by atomic mass is 10.1. The van der Waals surface area contributed by atoms with Gasteiger partial charge in [-0.05, 0) is 23.7 Å². The van der Waals surface area contributed by atoms with Gasteiger partial charge >= 0.3 is 6.18 Å². The average Bonchev–Trinajstić information content (AvgIpc) is 2.71. The Balaban J connectivity index is 2.43. The Hall–Kier alpha value is -2.16. The topological polar surface area (TPSA) is 82.0 Å². The van der Waals surface area contributed by atoms with Crippen molar-refractivity contribution in [2.45, 2.75) is 6.18 Å². The number of nitrogen functional groups attached to an aromatic ring is 1. The third-order valence-corrected chi connectivity index (χ3v) is 3.24. The molecule has 19 heavy (non-hydrogen) atoms. The predicted octanol–water partition coefficient (Wildman–Crippen LogP) is 3.32. The largest absolute Gasteiger partial charge is 0.429 e. The molecule has 1 aromatic heterocycles. The molecule has 0 unspecified atom stereocenters. The molecule has 0 bridgehead atoms. The summed E-state index contributed by atoms with van der Waals surface area (Å²) in [6.45, 7) is 0. The summed E-state index contributed by atoms with van der Waals surface area (Å²) < 4.78 is 41.3. The van der Waals surface area contributed by atoms with Crippen LogP contribution >= 0.6 is 11.5 Å². The number of nitro groups is 1. The molecule has 0 fully saturated rings. The minimum atomic E-state index is -4.55. The number of non-ortho nitro benzene ring substituents is 1. The number of anilines is 1. The van der Waals surface area contributed by atoms with Crippen LogP contribution in [0.5, 0.6) is 0 Å². The molecule has 5 nitrogen and oxygen atoms in total. The monoisotopic (exact) mass is 289 g/mol. The molecule has 1 aromatic carbocycles. The molecule has 0 amide bonds. The summed E-state index contributed by atoms with van der Waals surface area (Å²) in [5.74, 6) is 0. The van der Waals surface area contributed by atoms with Gasteiger partial charge in [-0.3, -0.25) is 10.1 Å². The van der Waals surface area contributed by atoms with E-state index in [2.05, 4.69) is 4.37 Å². The molecule has 2 rings (SSSR count). The van der Waals surface area contributed by atoms with Crippen LogP contribution in [0.4, 0.5) is 24.5 Å². The summed E-state index contributed by atoms with van der Waals surface area (Å²) in [6, 6.07) is 4.98. The zero-order chi connectivity index (χ0) is 14.2. The average molecular weight is 289 g/mol. The molecule has 0 aliphatic carbocycles. The van der Waals surface area contributed by atoms with Gasteiger partial charge in [-0.1, -0.05) is 0 Å². The normalized spacial score (nSPS) is 11.5. The summed E-state index contributed by atoms with van der Waals surface area (Å²) >= 11 is 0.255. The number of nitrogens with zero attached hydrogens (tertiary/aromatic N) is 2. The highest BCUT2D eigenvalue weighted by atomic mass is 32.1. The molecule has 0 atom stereocenters.